The lowest BCUT2D eigenvalue weighted by molar-refractivity contribution is -0.133. The monoisotopic (exact) mass is 394 g/mol. The Kier molecular flexibility index (Phi) is 5.19. The molecule has 0 aliphatic carbocycles. The summed E-state index contributed by atoms with van der Waals surface area (Å²) in [5.41, 5.74) is 2.58. The summed E-state index contributed by atoms with van der Waals surface area (Å²) >= 11 is 0. The third-order valence-corrected chi connectivity index (χ3v) is 5.64. The average molecular weight is 394 g/mol. The largest absolute Gasteiger partial charge is 0.339 e. The minimum atomic E-state index is -0.272. The van der Waals surface area contributed by atoms with Crippen molar-refractivity contribution in [2.75, 3.05) is 32.7 Å². The molecule has 1 amide bonds. The van der Waals surface area contributed by atoms with Crippen LogP contribution in [0.5, 0.6) is 0 Å². The van der Waals surface area contributed by atoms with Crippen molar-refractivity contribution >= 4 is 16.8 Å². The fraction of sp³-hybridized carbons (Fsp3) is 0.429. The fourth-order valence-corrected chi connectivity index (χ4v) is 3.88. The van der Waals surface area contributed by atoms with Gasteiger partial charge in [0.1, 0.15) is 12.1 Å². The van der Waals surface area contributed by atoms with Crippen molar-refractivity contribution < 1.29 is 4.79 Å². The van der Waals surface area contributed by atoms with Gasteiger partial charge in [-0.2, -0.15) is 10.2 Å². The van der Waals surface area contributed by atoms with Gasteiger partial charge in [0.2, 0.25) is 5.91 Å². The van der Waals surface area contributed by atoms with Gasteiger partial charge in [-0.3, -0.25) is 9.59 Å². The Morgan fingerprint density at radius 1 is 1.03 bits per heavy atom. The maximum Gasteiger partial charge on any atom is 0.278 e. The number of hydrogen-bond acceptors (Lipinski definition) is 5. The molecule has 1 aliphatic rings. The van der Waals surface area contributed by atoms with Gasteiger partial charge in [-0.05, 0) is 32.5 Å². The molecule has 8 nitrogen and oxygen atoms in total. The van der Waals surface area contributed by atoms with E-state index in [9.17, 15) is 9.59 Å². The molecule has 1 saturated heterocycles. The van der Waals surface area contributed by atoms with Gasteiger partial charge in [0.05, 0.1) is 22.5 Å². The number of hydrogen-bond donors (Lipinski definition) is 0. The van der Waals surface area contributed by atoms with Crippen LogP contribution in [0.1, 0.15) is 18.3 Å². The maximum absolute atomic E-state index is 13.1. The summed E-state index contributed by atoms with van der Waals surface area (Å²) in [7, 11) is 0. The summed E-state index contributed by atoms with van der Waals surface area (Å²) in [5.74, 6) is -0.0674. The molecule has 1 fully saturated rings. The zero-order chi connectivity index (χ0) is 20.5. The highest BCUT2D eigenvalue weighted by atomic mass is 16.2. The van der Waals surface area contributed by atoms with E-state index in [0.29, 0.717) is 29.7 Å². The van der Waals surface area contributed by atoms with Crippen LogP contribution in [0, 0.1) is 13.8 Å². The third-order valence-electron chi connectivity index (χ3n) is 5.64. The van der Waals surface area contributed by atoms with Crippen LogP contribution in [0.3, 0.4) is 0 Å². The summed E-state index contributed by atoms with van der Waals surface area (Å²) in [6.07, 6.45) is 0. The first-order valence-electron chi connectivity index (χ1n) is 10.0. The number of fused-ring (bicyclic) bond motifs is 1. The van der Waals surface area contributed by atoms with Gasteiger partial charge in [-0.1, -0.05) is 25.1 Å². The molecule has 0 radical (unpaired) electrons. The number of para-hydroxylation sites is 1. The van der Waals surface area contributed by atoms with Crippen LogP contribution in [0.15, 0.2) is 35.1 Å². The lowest BCUT2D eigenvalue weighted by atomic mass is 10.2. The molecule has 3 heterocycles. The zero-order valence-electron chi connectivity index (χ0n) is 17.1. The van der Waals surface area contributed by atoms with Gasteiger partial charge in [0.15, 0.2) is 0 Å². The van der Waals surface area contributed by atoms with Crippen LogP contribution >= 0.6 is 0 Å². The second-order valence-corrected chi connectivity index (χ2v) is 7.42. The molecule has 29 heavy (non-hydrogen) atoms. The van der Waals surface area contributed by atoms with Crippen molar-refractivity contribution in [3.63, 3.8) is 0 Å². The highest BCUT2D eigenvalue weighted by Gasteiger charge is 2.23. The topological polar surface area (TPSA) is 76.3 Å². The number of carbonyl (C=O) groups is 1. The molecular weight excluding hydrogens is 368 g/mol. The Bertz CT molecular complexity index is 1090. The van der Waals surface area contributed by atoms with E-state index in [4.69, 9.17) is 0 Å². The van der Waals surface area contributed by atoms with Crippen LogP contribution in [0.25, 0.3) is 16.6 Å². The predicted molar refractivity (Wildman–Crippen MR) is 111 cm³/mol. The lowest BCUT2D eigenvalue weighted by Gasteiger charge is -2.34. The van der Waals surface area contributed by atoms with Crippen molar-refractivity contribution in [3.05, 3.63) is 52.1 Å². The van der Waals surface area contributed by atoms with E-state index in [0.717, 1.165) is 31.0 Å². The molecule has 3 aromatic rings. The van der Waals surface area contributed by atoms with Crippen molar-refractivity contribution in [2.45, 2.75) is 27.3 Å². The number of rotatable bonds is 4. The van der Waals surface area contributed by atoms with Crippen molar-refractivity contribution in [3.8, 4) is 5.69 Å². The average Bonchev–Trinajstić information content (AvgIpc) is 3.10. The second kappa shape index (κ2) is 7.79. The van der Waals surface area contributed by atoms with Gasteiger partial charge in [-0.25, -0.2) is 9.36 Å². The molecule has 8 heteroatoms. The number of benzene rings is 1. The van der Waals surface area contributed by atoms with E-state index in [1.807, 2.05) is 49.1 Å². The maximum atomic E-state index is 13.1. The first-order valence-corrected chi connectivity index (χ1v) is 10.0. The molecule has 0 bridgehead atoms. The fourth-order valence-electron chi connectivity index (χ4n) is 3.88. The van der Waals surface area contributed by atoms with Crippen molar-refractivity contribution in [1.82, 2.24) is 29.4 Å². The van der Waals surface area contributed by atoms with Gasteiger partial charge in [0, 0.05) is 26.2 Å². The van der Waals surface area contributed by atoms with Crippen LogP contribution in [-0.4, -0.2) is 68.0 Å². The minimum Gasteiger partial charge on any atom is -0.339 e. The summed E-state index contributed by atoms with van der Waals surface area (Å²) in [6.45, 7) is 9.88. The van der Waals surface area contributed by atoms with E-state index < -0.39 is 0 Å². The van der Waals surface area contributed by atoms with E-state index in [1.165, 1.54) is 4.68 Å². The summed E-state index contributed by atoms with van der Waals surface area (Å²) in [5, 5.41) is 9.51. The predicted octanol–water partition coefficient (Wildman–Crippen LogP) is 1.36. The molecule has 1 aromatic carbocycles. The highest BCUT2D eigenvalue weighted by molar-refractivity contribution is 5.83. The van der Waals surface area contributed by atoms with Crippen molar-refractivity contribution in [2.24, 2.45) is 0 Å². The molecule has 0 saturated carbocycles. The summed E-state index contributed by atoms with van der Waals surface area (Å²) in [4.78, 5) is 30.0. The number of carbonyl (C=O) groups excluding carboxylic acids is 1. The quantitative estimate of drug-likeness (QED) is 0.668. The normalized spacial score (nSPS) is 15.2. The first kappa shape index (κ1) is 19.3. The first-order chi connectivity index (χ1) is 14.0. The van der Waals surface area contributed by atoms with E-state index in [2.05, 4.69) is 22.0 Å². The minimum absolute atomic E-state index is 0.0440. The van der Waals surface area contributed by atoms with Gasteiger partial charge < -0.3 is 9.80 Å². The Morgan fingerprint density at radius 3 is 2.38 bits per heavy atom. The van der Waals surface area contributed by atoms with E-state index in [-0.39, 0.29) is 18.0 Å². The number of aromatic nitrogens is 4. The van der Waals surface area contributed by atoms with Crippen LogP contribution < -0.4 is 5.56 Å². The molecule has 0 N–H and O–H groups in total. The molecule has 0 unspecified atom stereocenters. The summed E-state index contributed by atoms with van der Waals surface area (Å²) < 4.78 is 3.05. The molecular formula is C21H26N6O2. The van der Waals surface area contributed by atoms with Gasteiger partial charge >= 0.3 is 0 Å². The van der Waals surface area contributed by atoms with Crippen molar-refractivity contribution in [1.29, 1.82) is 0 Å². The Morgan fingerprint density at radius 2 is 1.72 bits per heavy atom. The standard InChI is InChI=1S/C21H26N6O2/c1-4-24-10-12-25(13-11-24)18(28)14-26-21(29)19-16(3)27(17-8-6-5-7-9-17)23-20(19)15(2)22-26/h5-9H,4,10-14H2,1-3H3. The van der Waals surface area contributed by atoms with Gasteiger partial charge in [0.25, 0.3) is 5.56 Å². The number of piperazine rings is 1. The Hall–Kier alpha value is -3.00. The van der Waals surface area contributed by atoms with Crippen LogP contribution in [0.4, 0.5) is 0 Å². The smallest absolute Gasteiger partial charge is 0.278 e. The second-order valence-electron chi connectivity index (χ2n) is 7.42. The zero-order valence-corrected chi connectivity index (χ0v) is 17.1. The molecule has 0 atom stereocenters. The van der Waals surface area contributed by atoms with E-state index >= 15 is 0 Å². The van der Waals surface area contributed by atoms with E-state index in [1.54, 1.807) is 4.68 Å². The molecule has 0 spiro atoms. The SMILES string of the molecule is CCN1CCN(C(=O)Cn2nc(C)c3nn(-c4ccccc4)c(C)c3c2=O)CC1. The Balaban J connectivity index is 1.66. The number of likely N-dealkylation sites (N-methyl/N-ethyl adjacent to an activating group) is 1. The number of aryl methyl sites for hydroxylation is 2. The molecule has 1 aliphatic heterocycles. The van der Waals surface area contributed by atoms with Crippen LogP contribution in [-0.2, 0) is 11.3 Å². The van der Waals surface area contributed by atoms with Crippen LogP contribution in [0.2, 0.25) is 0 Å². The molecule has 152 valence electrons. The number of nitrogens with zero attached hydrogens (tertiary/aromatic N) is 6. The third kappa shape index (κ3) is 3.55. The molecule has 4 rings (SSSR count). The highest BCUT2D eigenvalue weighted by Crippen LogP contribution is 2.19. The van der Waals surface area contributed by atoms with Gasteiger partial charge in [-0.15, -0.1) is 0 Å². The Labute approximate surface area is 169 Å². The number of amides is 1. The molecule has 2 aromatic heterocycles. The summed E-state index contributed by atoms with van der Waals surface area (Å²) in [6, 6.07) is 9.69. The lowest BCUT2D eigenvalue weighted by Crippen LogP contribution is -2.50.